The van der Waals surface area contributed by atoms with E-state index < -0.39 is 0 Å². The third-order valence-electron chi connectivity index (χ3n) is 3.22. The number of aliphatic hydroxyl groups is 1. The van der Waals surface area contributed by atoms with E-state index in [1.54, 1.807) is 11.3 Å². The Bertz CT molecular complexity index is 357. The second-order valence-electron chi connectivity index (χ2n) is 4.33. The Hall–Kier alpha value is -0.450. The number of thiazole rings is 1. The molecule has 3 rings (SSSR count). The molecule has 15 heavy (non-hydrogen) atoms. The first-order chi connectivity index (χ1) is 7.34. The van der Waals surface area contributed by atoms with Gasteiger partial charge in [-0.15, -0.1) is 11.3 Å². The highest BCUT2D eigenvalue weighted by Crippen LogP contribution is 2.38. The molecule has 0 bridgehead atoms. The van der Waals surface area contributed by atoms with Gasteiger partial charge in [-0.1, -0.05) is 0 Å². The molecular formula is C11H15NO2S. The highest BCUT2D eigenvalue weighted by molar-refractivity contribution is 7.11. The summed E-state index contributed by atoms with van der Waals surface area (Å²) >= 11 is 1.70. The summed E-state index contributed by atoms with van der Waals surface area (Å²) in [7, 11) is 0. The zero-order chi connectivity index (χ0) is 10.3. The van der Waals surface area contributed by atoms with E-state index in [1.165, 1.54) is 5.01 Å². The van der Waals surface area contributed by atoms with Gasteiger partial charge in [-0.05, 0) is 25.7 Å². The Labute approximate surface area is 93.1 Å². The summed E-state index contributed by atoms with van der Waals surface area (Å²) in [5, 5.41) is 11.0. The minimum atomic E-state index is -0.262. The fourth-order valence-corrected chi connectivity index (χ4v) is 3.57. The molecule has 2 heterocycles. The number of fused-ring (bicyclic) bond motifs is 1. The molecule has 3 nitrogen and oxygen atoms in total. The monoisotopic (exact) mass is 225 g/mol. The summed E-state index contributed by atoms with van der Waals surface area (Å²) in [6.07, 6.45) is 3.83. The average molecular weight is 225 g/mol. The maximum atomic E-state index is 9.86. The van der Waals surface area contributed by atoms with Crippen molar-refractivity contribution in [3.63, 3.8) is 0 Å². The SMILES string of the molecule is OC1CCCc2nc(C3CCOC3)sc21. The van der Waals surface area contributed by atoms with Crippen LogP contribution in [0.4, 0.5) is 0 Å². The van der Waals surface area contributed by atoms with Gasteiger partial charge in [-0.3, -0.25) is 0 Å². The fourth-order valence-electron chi connectivity index (χ4n) is 2.32. The number of hydrogen-bond acceptors (Lipinski definition) is 4. The van der Waals surface area contributed by atoms with E-state index in [-0.39, 0.29) is 6.10 Å². The molecule has 0 radical (unpaired) electrons. The standard InChI is InChI=1S/C11H15NO2S/c13-9-3-1-2-8-10(9)15-11(12-8)7-4-5-14-6-7/h7,9,13H,1-6H2. The van der Waals surface area contributed by atoms with Crippen LogP contribution in [0.1, 0.15) is 46.9 Å². The molecule has 0 saturated carbocycles. The van der Waals surface area contributed by atoms with E-state index in [4.69, 9.17) is 4.74 Å². The van der Waals surface area contributed by atoms with Crippen LogP contribution >= 0.6 is 11.3 Å². The van der Waals surface area contributed by atoms with Crippen LogP contribution in [0.15, 0.2) is 0 Å². The molecule has 1 N–H and O–H groups in total. The summed E-state index contributed by atoms with van der Waals surface area (Å²) in [5.41, 5.74) is 1.14. The molecule has 4 heteroatoms. The van der Waals surface area contributed by atoms with Gasteiger partial charge in [0.25, 0.3) is 0 Å². The van der Waals surface area contributed by atoms with Gasteiger partial charge in [0.05, 0.1) is 28.3 Å². The van der Waals surface area contributed by atoms with Crippen LogP contribution in [-0.4, -0.2) is 23.3 Å². The van der Waals surface area contributed by atoms with Gasteiger partial charge in [-0.2, -0.15) is 0 Å². The second kappa shape index (κ2) is 3.85. The molecule has 0 spiro atoms. The first-order valence-corrected chi connectivity index (χ1v) is 6.41. The predicted molar refractivity (Wildman–Crippen MR) is 58.2 cm³/mol. The van der Waals surface area contributed by atoms with Crippen LogP contribution in [0.3, 0.4) is 0 Å². The molecule has 1 aromatic rings. The van der Waals surface area contributed by atoms with Gasteiger partial charge in [0.2, 0.25) is 0 Å². The largest absolute Gasteiger partial charge is 0.388 e. The molecular weight excluding hydrogens is 210 g/mol. The Balaban J connectivity index is 1.90. The number of rotatable bonds is 1. The van der Waals surface area contributed by atoms with Crippen molar-refractivity contribution in [2.45, 2.75) is 37.7 Å². The maximum Gasteiger partial charge on any atom is 0.0986 e. The van der Waals surface area contributed by atoms with Crippen LogP contribution in [0.25, 0.3) is 0 Å². The van der Waals surface area contributed by atoms with Crippen molar-refractivity contribution in [1.82, 2.24) is 4.98 Å². The van der Waals surface area contributed by atoms with E-state index in [0.717, 1.165) is 49.5 Å². The van der Waals surface area contributed by atoms with E-state index in [9.17, 15) is 5.11 Å². The van der Waals surface area contributed by atoms with Gasteiger partial charge in [0.15, 0.2) is 0 Å². The Morgan fingerprint density at radius 1 is 1.40 bits per heavy atom. The maximum absolute atomic E-state index is 9.86. The number of hydrogen-bond donors (Lipinski definition) is 1. The van der Waals surface area contributed by atoms with Crippen molar-refractivity contribution in [2.75, 3.05) is 13.2 Å². The summed E-state index contributed by atoms with van der Waals surface area (Å²) < 4.78 is 5.37. The lowest BCUT2D eigenvalue weighted by atomic mass is 10.0. The number of aromatic nitrogens is 1. The number of ether oxygens (including phenoxy) is 1. The second-order valence-corrected chi connectivity index (χ2v) is 5.39. The minimum Gasteiger partial charge on any atom is -0.388 e. The lowest BCUT2D eigenvalue weighted by Gasteiger charge is -2.14. The zero-order valence-electron chi connectivity index (χ0n) is 8.61. The average Bonchev–Trinajstić information content (AvgIpc) is 2.86. The normalized spacial score (nSPS) is 30.5. The van der Waals surface area contributed by atoms with Gasteiger partial charge >= 0.3 is 0 Å². The van der Waals surface area contributed by atoms with Gasteiger partial charge in [-0.25, -0.2) is 4.98 Å². The van der Waals surface area contributed by atoms with Crippen molar-refractivity contribution in [3.05, 3.63) is 15.6 Å². The summed E-state index contributed by atoms with van der Waals surface area (Å²) in [4.78, 5) is 5.78. The van der Waals surface area contributed by atoms with Crippen LogP contribution in [0, 0.1) is 0 Å². The first-order valence-electron chi connectivity index (χ1n) is 5.60. The van der Waals surface area contributed by atoms with Crippen molar-refractivity contribution < 1.29 is 9.84 Å². The van der Waals surface area contributed by atoms with Crippen LogP contribution < -0.4 is 0 Å². The Kier molecular flexibility index (Phi) is 2.50. The molecule has 1 aliphatic heterocycles. The third-order valence-corrected chi connectivity index (χ3v) is 4.58. The van der Waals surface area contributed by atoms with Crippen molar-refractivity contribution in [3.8, 4) is 0 Å². The molecule has 0 aromatic carbocycles. The summed E-state index contributed by atoms with van der Waals surface area (Å²) in [6.45, 7) is 1.67. The van der Waals surface area contributed by atoms with Crippen LogP contribution in [0.5, 0.6) is 0 Å². The van der Waals surface area contributed by atoms with E-state index in [2.05, 4.69) is 4.98 Å². The zero-order valence-corrected chi connectivity index (χ0v) is 9.42. The molecule has 1 aliphatic carbocycles. The van der Waals surface area contributed by atoms with Crippen LogP contribution in [-0.2, 0) is 11.2 Å². The Morgan fingerprint density at radius 3 is 3.07 bits per heavy atom. The number of nitrogens with zero attached hydrogens (tertiary/aromatic N) is 1. The molecule has 2 atom stereocenters. The summed E-state index contributed by atoms with van der Waals surface area (Å²) in [5.74, 6) is 0.479. The fraction of sp³-hybridized carbons (Fsp3) is 0.727. The molecule has 1 fully saturated rings. The van der Waals surface area contributed by atoms with Gasteiger partial charge < -0.3 is 9.84 Å². The van der Waals surface area contributed by atoms with Crippen molar-refractivity contribution >= 4 is 11.3 Å². The van der Waals surface area contributed by atoms with E-state index in [1.807, 2.05) is 0 Å². The third kappa shape index (κ3) is 1.71. The lowest BCUT2D eigenvalue weighted by Crippen LogP contribution is -2.06. The van der Waals surface area contributed by atoms with E-state index >= 15 is 0 Å². The highest BCUT2D eigenvalue weighted by atomic mass is 32.1. The van der Waals surface area contributed by atoms with Crippen molar-refractivity contribution in [2.24, 2.45) is 0 Å². The smallest absolute Gasteiger partial charge is 0.0986 e. The van der Waals surface area contributed by atoms with E-state index in [0.29, 0.717) is 5.92 Å². The Morgan fingerprint density at radius 2 is 2.33 bits per heavy atom. The lowest BCUT2D eigenvalue weighted by molar-refractivity contribution is 0.160. The topological polar surface area (TPSA) is 42.4 Å². The summed E-state index contributed by atoms with van der Waals surface area (Å²) in [6, 6.07) is 0. The molecule has 82 valence electrons. The first kappa shape index (κ1) is 9.75. The molecule has 0 amide bonds. The van der Waals surface area contributed by atoms with Gasteiger partial charge in [0.1, 0.15) is 0 Å². The molecule has 1 aromatic heterocycles. The van der Waals surface area contributed by atoms with Crippen molar-refractivity contribution in [1.29, 1.82) is 0 Å². The predicted octanol–water partition coefficient (Wildman–Crippen LogP) is 2.02. The molecule has 1 saturated heterocycles. The molecule has 2 aliphatic rings. The highest BCUT2D eigenvalue weighted by Gasteiger charge is 2.27. The minimum absolute atomic E-state index is 0.262. The van der Waals surface area contributed by atoms with Gasteiger partial charge in [0, 0.05) is 12.5 Å². The number of aliphatic hydroxyl groups excluding tert-OH is 1. The van der Waals surface area contributed by atoms with Crippen LogP contribution in [0.2, 0.25) is 0 Å². The number of aryl methyl sites for hydroxylation is 1. The quantitative estimate of drug-likeness (QED) is 0.795. The molecule has 2 unspecified atom stereocenters.